The van der Waals surface area contributed by atoms with E-state index < -0.39 is 10.0 Å². The van der Waals surface area contributed by atoms with E-state index in [2.05, 4.69) is 5.32 Å². The van der Waals surface area contributed by atoms with Gasteiger partial charge in [-0.05, 0) is 49.2 Å². The summed E-state index contributed by atoms with van der Waals surface area (Å²) in [5.41, 5.74) is 1.86. The zero-order chi connectivity index (χ0) is 20.7. The molecule has 2 aromatic carbocycles. The number of methoxy groups -OCH3 is 2. The average Bonchev–Trinajstić information content (AvgIpc) is 2.72. The predicted molar refractivity (Wildman–Crippen MR) is 110 cm³/mol. The topological polar surface area (TPSA) is 84.9 Å². The molecule has 0 saturated carbocycles. The number of anilines is 1. The summed E-state index contributed by atoms with van der Waals surface area (Å²) in [7, 11) is 1.25. The van der Waals surface area contributed by atoms with Gasteiger partial charge in [0.05, 0.1) is 25.7 Å². The summed E-state index contributed by atoms with van der Waals surface area (Å²) in [6, 6.07) is 12.2. The number of sulfonamides is 1. The van der Waals surface area contributed by atoms with Crippen molar-refractivity contribution in [1.82, 2.24) is 5.32 Å². The van der Waals surface area contributed by atoms with Crippen molar-refractivity contribution >= 4 is 21.6 Å². The first-order chi connectivity index (χ1) is 13.3. The van der Waals surface area contributed by atoms with Crippen molar-refractivity contribution in [2.24, 2.45) is 0 Å². The second kappa shape index (κ2) is 9.45. The molecule has 1 amide bonds. The molecule has 0 aromatic heterocycles. The number of hydrogen-bond acceptors (Lipinski definition) is 5. The Hall–Kier alpha value is -2.74. The summed E-state index contributed by atoms with van der Waals surface area (Å²) in [5.74, 6) is 1.02. The molecule has 0 unspecified atom stereocenters. The lowest BCUT2D eigenvalue weighted by Crippen LogP contribution is -2.29. The van der Waals surface area contributed by atoms with Crippen LogP contribution in [0.5, 0.6) is 11.5 Å². The second-order valence-electron chi connectivity index (χ2n) is 6.11. The molecule has 0 bridgehead atoms. The Bertz CT molecular complexity index is 928. The van der Waals surface area contributed by atoms with E-state index in [4.69, 9.17) is 9.47 Å². The molecule has 2 aromatic rings. The van der Waals surface area contributed by atoms with Crippen molar-refractivity contribution in [3.8, 4) is 11.5 Å². The van der Waals surface area contributed by atoms with Gasteiger partial charge in [-0.2, -0.15) is 0 Å². The standard InChI is InChI=1S/C20H26N2O5S/c1-5-28(24,25)22(2)17-8-6-7-16(14-17)20(23)21-12-11-15-9-10-18(26-3)19(13-15)27-4/h6-10,13-14H,5,11-12H2,1-4H3,(H,21,23). The molecule has 152 valence electrons. The largest absolute Gasteiger partial charge is 0.493 e. The molecule has 0 radical (unpaired) electrons. The highest BCUT2D eigenvalue weighted by atomic mass is 32.2. The van der Waals surface area contributed by atoms with E-state index in [0.29, 0.717) is 35.7 Å². The Morgan fingerprint density at radius 3 is 2.43 bits per heavy atom. The molecule has 0 spiro atoms. The fourth-order valence-electron chi connectivity index (χ4n) is 2.66. The van der Waals surface area contributed by atoms with E-state index in [0.717, 1.165) is 5.56 Å². The zero-order valence-corrected chi connectivity index (χ0v) is 17.4. The van der Waals surface area contributed by atoms with Crippen molar-refractivity contribution in [2.75, 3.05) is 37.9 Å². The molecule has 0 aliphatic carbocycles. The van der Waals surface area contributed by atoms with Crippen LogP contribution in [0.25, 0.3) is 0 Å². The molecule has 8 heteroatoms. The smallest absolute Gasteiger partial charge is 0.251 e. The van der Waals surface area contributed by atoms with Gasteiger partial charge in [-0.15, -0.1) is 0 Å². The van der Waals surface area contributed by atoms with Crippen LogP contribution in [-0.4, -0.2) is 47.9 Å². The number of carbonyl (C=O) groups is 1. The lowest BCUT2D eigenvalue weighted by atomic mass is 10.1. The maximum Gasteiger partial charge on any atom is 0.251 e. The van der Waals surface area contributed by atoms with Crippen LogP contribution in [0.4, 0.5) is 5.69 Å². The summed E-state index contributed by atoms with van der Waals surface area (Å²) in [5, 5.41) is 2.85. The van der Waals surface area contributed by atoms with Crippen molar-refractivity contribution in [3.05, 3.63) is 53.6 Å². The van der Waals surface area contributed by atoms with E-state index in [-0.39, 0.29) is 11.7 Å². The van der Waals surface area contributed by atoms with E-state index in [9.17, 15) is 13.2 Å². The molecular weight excluding hydrogens is 380 g/mol. The van der Waals surface area contributed by atoms with Crippen molar-refractivity contribution in [3.63, 3.8) is 0 Å². The number of amides is 1. The quantitative estimate of drug-likeness (QED) is 0.691. The monoisotopic (exact) mass is 406 g/mol. The van der Waals surface area contributed by atoms with Gasteiger partial charge < -0.3 is 14.8 Å². The molecule has 0 fully saturated rings. The first-order valence-corrected chi connectivity index (χ1v) is 10.5. The lowest BCUT2D eigenvalue weighted by molar-refractivity contribution is 0.0954. The molecule has 0 aliphatic heterocycles. The first kappa shape index (κ1) is 21.6. The van der Waals surface area contributed by atoms with Crippen LogP contribution in [0.1, 0.15) is 22.8 Å². The number of benzene rings is 2. The Morgan fingerprint density at radius 1 is 1.07 bits per heavy atom. The minimum Gasteiger partial charge on any atom is -0.493 e. The van der Waals surface area contributed by atoms with Crippen LogP contribution in [0, 0.1) is 0 Å². The van der Waals surface area contributed by atoms with Crippen molar-refractivity contribution < 1.29 is 22.7 Å². The van der Waals surface area contributed by atoms with E-state index in [1.807, 2.05) is 18.2 Å². The molecule has 7 nitrogen and oxygen atoms in total. The molecule has 28 heavy (non-hydrogen) atoms. The third-order valence-electron chi connectivity index (χ3n) is 4.40. The Labute approximate surface area is 166 Å². The van der Waals surface area contributed by atoms with Crippen LogP contribution < -0.4 is 19.1 Å². The van der Waals surface area contributed by atoms with Gasteiger partial charge in [-0.1, -0.05) is 12.1 Å². The van der Waals surface area contributed by atoms with Crippen LogP contribution in [-0.2, 0) is 16.4 Å². The van der Waals surface area contributed by atoms with Gasteiger partial charge in [0.15, 0.2) is 11.5 Å². The molecular formula is C20H26N2O5S. The predicted octanol–water partition coefficient (Wildman–Crippen LogP) is 2.46. The zero-order valence-electron chi connectivity index (χ0n) is 16.6. The third-order valence-corrected chi connectivity index (χ3v) is 6.18. The maximum absolute atomic E-state index is 12.4. The summed E-state index contributed by atoms with van der Waals surface area (Å²) >= 11 is 0. The summed E-state index contributed by atoms with van der Waals surface area (Å²) in [6.45, 7) is 2.01. The minimum atomic E-state index is -3.38. The van der Waals surface area contributed by atoms with Gasteiger partial charge in [-0.3, -0.25) is 9.10 Å². The minimum absolute atomic E-state index is 0.00868. The first-order valence-electron chi connectivity index (χ1n) is 8.88. The van der Waals surface area contributed by atoms with Gasteiger partial charge in [0, 0.05) is 19.2 Å². The number of nitrogens with zero attached hydrogens (tertiary/aromatic N) is 1. The van der Waals surface area contributed by atoms with Gasteiger partial charge in [0.25, 0.3) is 5.91 Å². The molecule has 0 atom stereocenters. The van der Waals surface area contributed by atoms with Gasteiger partial charge >= 0.3 is 0 Å². The normalized spacial score (nSPS) is 11.0. The Balaban J connectivity index is 2.01. The van der Waals surface area contributed by atoms with E-state index in [1.165, 1.54) is 11.4 Å². The maximum atomic E-state index is 12.4. The highest BCUT2D eigenvalue weighted by Gasteiger charge is 2.17. The summed E-state index contributed by atoms with van der Waals surface area (Å²) in [6.07, 6.45) is 0.621. The van der Waals surface area contributed by atoms with Crippen molar-refractivity contribution in [1.29, 1.82) is 0 Å². The fourth-order valence-corrected chi connectivity index (χ4v) is 3.48. The highest BCUT2D eigenvalue weighted by Crippen LogP contribution is 2.27. The van der Waals surface area contributed by atoms with Gasteiger partial charge in [0.1, 0.15) is 0 Å². The number of hydrogen-bond donors (Lipinski definition) is 1. The SMILES string of the molecule is CCS(=O)(=O)N(C)c1cccc(C(=O)NCCc2ccc(OC)c(OC)c2)c1. The van der Waals surface area contributed by atoms with Crippen LogP contribution in [0.3, 0.4) is 0 Å². The van der Waals surface area contributed by atoms with Gasteiger partial charge in [-0.25, -0.2) is 8.42 Å². The number of carbonyl (C=O) groups excluding carboxylic acids is 1. The molecule has 0 heterocycles. The van der Waals surface area contributed by atoms with Crippen LogP contribution in [0.15, 0.2) is 42.5 Å². The molecule has 0 saturated heterocycles. The molecule has 0 aliphatic rings. The highest BCUT2D eigenvalue weighted by molar-refractivity contribution is 7.92. The number of rotatable bonds is 9. The van der Waals surface area contributed by atoms with Gasteiger partial charge in [0.2, 0.25) is 10.0 Å². The molecule has 1 N–H and O–H groups in total. The lowest BCUT2D eigenvalue weighted by Gasteiger charge is -2.19. The van der Waals surface area contributed by atoms with Crippen LogP contribution >= 0.6 is 0 Å². The Kier molecular flexibility index (Phi) is 7.28. The molecule has 2 rings (SSSR count). The third kappa shape index (κ3) is 5.16. The van der Waals surface area contributed by atoms with Crippen molar-refractivity contribution in [2.45, 2.75) is 13.3 Å². The van der Waals surface area contributed by atoms with E-state index in [1.54, 1.807) is 45.4 Å². The summed E-state index contributed by atoms with van der Waals surface area (Å²) in [4.78, 5) is 12.4. The van der Waals surface area contributed by atoms with Crippen LogP contribution in [0.2, 0.25) is 0 Å². The Morgan fingerprint density at radius 2 is 1.79 bits per heavy atom. The second-order valence-corrected chi connectivity index (χ2v) is 8.40. The number of nitrogens with one attached hydrogen (secondary N) is 1. The van der Waals surface area contributed by atoms with E-state index >= 15 is 0 Å². The fraction of sp³-hybridized carbons (Fsp3) is 0.350. The number of ether oxygens (including phenoxy) is 2. The average molecular weight is 407 g/mol. The summed E-state index contributed by atoms with van der Waals surface area (Å²) < 4.78 is 35.7.